The average molecular weight is 256 g/mol. The Morgan fingerprint density at radius 1 is 1.32 bits per heavy atom. The van der Waals surface area contributed by atoms with E-state index in [1.165, 1.54) is 0 Å². The fourth-order valence-electron chi connectivity index (χ4n) is 2.14. The molecule has 0 bridgehead atoms. The van der Waals surface area contributed by atoms with E-state index >= 15 is 0 Å². The Morgan fingerprint density at radius 3 is 3.00 bits per heavy atom. The lowest BCUT2D eigenvalue weighted by molar-refractivity contribution is 0.560. The van der Waals surface area contributed by atoms with Crippen LogP contribution in [0, 0.1) is 0 Å². The molecule has 0 radical (unpaired) electrons. The van der Waals surface area contributed by atoms with Gasteiger partial charge in [0.15, 0.2) is 5.82 Å². The van der Waals surface area contributed by atoms with Crippen molar-refractivity contribution >= 4 is 16.9 Å². The van der Waals surface area contributed by atoms with Crippen LogP contribution in [-0.4, -0.2) is 30.4 Å². The quantitative estimate of drug-likeness (QED) is 0.771. The summed E-state index contributed by atoms with van der Waals surface area (Å²) in [6, 6.07) is 4.11. The van der Waals surface area contributed by atoms with Gasteiger partial charge in [0.1, 0.15) is 5.52 Å². The second kappa shape index (κ2) is 4.72. The molecule has 6 heteroatoms. The highest BCUT2D eigenvalue weighted by Crippen LogP contribution is 2.19. The van der Waals surface area contributed by atoms with Crippen molar-refractivity contribution in [2.45, 2.75) is 19.5 Å². The van der Waals surface area contributed by atoms with E-state index in [1.54, 1.807) is 18.7 Å². The maximum Gasteiger partial charge on any atom is 0.154 e. The number of nitrogens with zero attached hydrogens (tertiary/aromatic N) is 5. The van der Waals surface area contributed by atoms with Gasteiger partial charge in [0.05, 0.1) is 18.4 Å². The lowest BCUT2D eigenvalue weighted by atomic mass is 10.3. The summed E-state index contributed by atoms with van der Waals surface area (Å²) in [5.41, 5.74) is 1.97. The molecule has 0 spiro atoms. The highest BCUT2D eigenvalue weighted by Gasteiger charge is 2.10. The highest BCUT2D eigenvalue weighted by atomic mass is 15.3. The van der Waals surface area contributed by atoms with Crippen LogP contribution in [-0.2, 0) is 13.6 Å². The standard InChI is InChI=1S/C13H16N6/c1-10(8-19-7-3-5-16-19)17-13-12-11(4-6-14-13)18(2)9-15-12/h3-7,9-10H,8H2,1-2H3,(H,14,17). The number of hydrogen-bond donors (Lipinski definition) is 1. The second-order valence-corrected chi connectivity index (χ2v) is 4.66. The predicted octanol–water partition coefficient (Wildman–Crippen LogP) is 1.67. The zero-order valence-corrected chi connectivity index (χ0v) is 11.0. The molecule has 19 heavy (non-hydrogen) atoms. The summed E-state index contributed by atoms with van der Waals surface area (Å²) in [6.45, 7) is 2.89. The van der Waals surface area contributed by atoms with Crippen molar-refractivity contribution in [1.29, 1.82) is 0 Å². The first-order valence-electron chi connectivity index (χ1n) is 6.24. The van der Waals surface area contributed by atoms with Gasteiger partial charge in [-0.1, -0.05) is 0 Å². The molecule has 0 aliphatic heterocycles. The summed E-state index contributed by atoms with van der Waals surface area (Å²) >= 11 is 0. The Labute approximate surface area is 111 Å². The maximum atomic E-state index is 4.38. The molecule has 98 valence electrons. The van der Waals surface area contributed by atoms with Gasteiger partial charge >= 0.3 is 0 Å². The Balaban J connectivity index is 1.81. The fraction of sp³-hybridized carbons (Fsp3) is 0.308. The van der Waals surface area contributed by atoms with E-state index < -0.39 is 0 Å². The lowest BCUT2D eigenvalue weighted by Gasteiger charge is -2.14. The second-order valence-electron chi connectivity index (χ2n) is 4.66. The number of fused-ring (bicyclic) bond motifs is 1. The van der Waals surface area contributed by atoms with E-state index in [0.29, 0.717) is 0 Å². The van der Waals surface area contributed by atoms with Gasteiger partial charge < -0.3 is 9.88 Å². The van der Waals surface area contributed by atoms with Gasteiger partial charge in [-0.05, 0) is 19.1 Å². The molecular weight excluding hydrogens is 240 g/mol. The molecule has 1 unspecified atom stereocenters. The number of aryl methyl sites for hydroxylation is 1. The molecule has 0 aromatic carbocycles. The molecule has 3 aromatic heterocycles. The van der Waals surface area contributed by atoms with Gasteiger partial charge in [-0.25, -0.2) is 9.97 Å². The van der Waals surface area contributed by atoms with Crippen LogP contribution in [0.2, 0.25) is 0 Å². The van der Waals surface area contributed by atoms with Gasteiger partial charge in [0.2, 0.25) is 0 Å². The zero-order valence-electron chi connectivity index (χ0n) is 11.0. The summed E-state index contributed by atoms with van der Waals surface area (Å²) in [7, 11) is 1.98. The normalized spacial score (nSPS) is 12.7. The van der Waals surface area contributed by atoms with E-state index in [9.17, 15) is 0 Å². The minimum Gasteiger partial charge on any atom is -0.364 e. The molecule has 6 nitrogen and oxygen atoms in total. The molecule has 0 aliphatic rings. The molecule has 1 atom stereocenters. The smallest absolute Gasteiger partial charge is 0.154 e. The lowest BCUT2D eigenvalue weighted by Crippen LogP contribution is -2.22. The number of nitrogens with one attached hydrogen (secondary N) is 1. The number of hydrogen-bond acceptors (Lipinski definition) is 4. The Hall–Kier alpha value is -2.37. The van der Waals surface area contributed by atoms with E-state index in [1.807, 2.05) is 34.6 Å². The molecule has 0 aliphatic carbocycles. The Morgan fingerprint density at radius 2 is 2.21 bits per heavy atom. The monoisotopic (exact) mass is 256 g/mol. The Bertz CT molecular complexity index is 670. The number of imidazole rings is 1. The van der Waals surface area contributed by atoms with Crippen molar-refractivity contribution in [3.05, 3.63) is 37.1 Å². The van der Waals surface area contributed by atoms with Crippen molar-refractivity contribution in [2.24, 2.45) is 7.05 Å². The number of aromatic nitrogens is 5. The number of pyridine rings is 1. The van der Waals surface area contributed by atoms with Crippen molar-refractivity contribution in [2.75, 3.05) is 5.32 Å². The number of anilines is 1. The minimum atomic E-state index is 0.222. The summed E-state index contributed by atoms with van der Waals surface area (Å²) in [5, 5.41) is 7.59. The molecule has 0 fully saturated rings. The fourth-order valence-corrected chi connectivity index (χ4v) is 2.14. The van der Waals surface area contributed by atoms with Crippen molar-refractivity contribution in [3.63, 3.8) is 0 Å². The molecule has 0 amide bonds. The van der Waals surface area contributed by atoms with Crippen molar-refractivity contribution in [3.8, 4) is 0 Å². The first-order valence-corrected chi connectivity index (χ1v) is 6.24. The largest absolute Gasteiger partial charge is 0.364 e. The van der Waals surface area contributed by atoms with Gasteiger partial charge in [-0.2, -0.15) is 5.10 Å². The van der Waals surface area contributed by atoms with Crippen molar-refractivity contribution in [1.82, 2.24) is 24.3 Å². The van der Waals surface area contributed by atoms with E-state index in [2.05, 4.69) is 27.3 Å². The summed E-state index contributed by atoms with van der Waals surface area (Å²) < 4.78 is 3.89. The third-order valence-electron chi connectivity index (χ3n) is 3.05. The molecular formula is C13H16N6. The van der Waals surface area contributed by atoms with Gasteiger partial charge in [0, 0.05) is 31.7 Å². The first kappa shape index (κ1) is 11.7. The molecule has 1 N–H and O–H groups in total. The predicted molar refractivity (Wildman–Crippen MR) is 73.8 cm³/mol. The van der Waals surface area contributed by atoms with Gasteiger partial charge in [-0.3, -0.25) is 4.68 Å². The third kappa shape index (κ3) is 2.29. The van der Waals surface area contributed by atoms with Crippen LogP contribution in [0.3, 0.4) is 0 Å². The maximum absolute atomic E-state index is 4.38. The van der Waals surface area contributed by atoms with Crippen LogP contribution in [0.25, 0.3) is 11.0 Å². The van der Waals surface area contributed by atoms with Crippen LogP contribution >= 0.6 is 0 Å². The number of rotatable bonds is 4. The summed E-state index contributed by atoms with van der Waals surface area (Å²) in [4.78, 5) is 8.76. The topological polar surface area (TPSA) is 60.6 Å². The summed E-state index contributed by atoms with van der Waals surface area (Å²) in [6.07, 6.45) is 7.33. The molecule has 3 heterocycles. The van der Waals surface area contributed by atoms with Crippen LogP contribution < -0.4 is 5.32 Å². The molecule has 3 rings (SSSR count). The summed E-state index contributed by atoms with van der Waals surface area (Å²) in [5.74, 6) is 0.817. The minimum absolute atomic E-state index is 0.222. The average Bonchev–Trinajstić information content (AvgIpc) is 3.01. The molecule has 3 aromatic rings. The van der Waals surface area contributed by atoms with Gasteiger partial charge in [0.25, 0.3) is 0 Å². The molecule has 0 saturated carbocycles. The van der Waals surface area contributed by atoms with E-state index in [0.717, 1.165) is 23.4 Å². The van der Waals surface area contributed by atoms with Crippen LogP contribution in [0.1, 0.15) is 6.92 Å². The SMILES string of the molecule is CC(Cn1cccn1)Nc1nccc2c1ncn2C. The first-order chi connectivity index (χ1) is 9.24. The third-order valence-corrected chi connectivity index (χ3v) is 3.05. The van der Waals surface area contributed by atoms with E-state index in [-0.39, 0.29) is 6.04 Å². The van der Waals surface area contributed by atoms with Crippen LogP contribution in [0.5, 0.6) is 0 Å². The van der Waals surface area contributed by atoms with Gasteiger partial charge in [-0.15, -0.1) is 0 Å². The zero-order chi connectivity index (χ0) is 13.2. The molecule has 0 saturated heterocycles. The highest BCUT2D eigenvalue weighted by molar-refractivity contribution is 5.85. The van der Waals surface area contributed by atoms with Crippen LogP contribution in [0.4, 0.5) is 5.82 Å². The van der Waals surface area contributed by atoms with Crippen molar-refractivity contribution < 1.29 is 0 Å². The van der Waals surface area contributed by atoms with E-state index in [4.69, 9.17) is 0 Å². The Kier molecular flexibility index (Phi) is 2.91. The van der Waals surface area contributed by atoms with Crippen LogP contribution in [0.15, 0.2) is 37.1 Å².